The summed E-state index contributed by atoms with van der Waals surface area (Å²) in [6, 6.07) is 10.1. The van der Waals surface area contributed by atoms with Crippen molar-refractivity contribution in [1.82, 2.24) is 0 Å². The van der Waals surface area contributed by atoms with E-state index in [1.54, 1.807) is 0 Å². The zero-order chi connectivity index (χ0) is 16.5. The number of benzene rings is 1. The molecule has 1 aliphatic carbocycles. The first-order valence-corrected chi connectivity index (χ1v) is 9.23. The standard InChI is InChI=1S/C22H30O/c1-3-4-5-6-7-8-9-11-16-20-17-21(23)22(18(20)2)19-14-12-10-13-15-19/h10,12-16H,3-9,11,17H2,1-2H3/b20-16-. The summed E-state index contributed by atoms with van der Waals surface area (Å²) in [5.74, 6) is 0.277. The van der Waals surface area contributed by atoms with Crippen LogP contribution in [0.25, 0.3) is 5.57 Å². The Hall–Kier alpha value is -1.63. The van der Waals surface area contributed by atoms with Gasteiger partial charge in [0.15, 0.2) is 5.78 Å². The zero-order valence-electron chi connectivity index (χ0n) is 14.7. The smallest absolute Gasteiger partial charge is 0.168 e. The molecule has 124 valence electrons. The molecule has 0 spiro atoms. The van der Waals surface area contributed by atoms with Crippen molar-refractivity contribution in [3.63, 3.8) is 0 Å². The maximum Gasteiger partial charge on any atom is 0.168 e. The maximum atomic E-state index is 12.3. The summed E-state index contributed by atoms with van der Waals surface area (Å²) in [6.07, 6.45) is 13.4. The van der Waals surface area contributed by atoms with Gasteiger partial charge < -0.3 is 0 Å². The van der Waals surface area contributed by atoms with E-state index in [0.29, 0.717) is 6.42 Å². The van der Waals surface area contributed by atoms with E-state index < -0.39 is 0 Å². The summed E-state index contributed by atoms with van der Waals surface area (Å²) >= 11 is 0. The number of rotatable bonds is 9. The molecule has 0 bridgehead atoms. The fourth-order valence-corrected chi connectivity index (χ4v) is 3.35. The summed E-state index contributed by atoms with van der Waals surface area (Å²) in [5, 5.41) is 0. The highest BCUT2D eigenvalue weighted by atomic mass is 16.1. The zero-order valence-corrected chi connectivity index (χ0v) is 14.7. The molecular weight excluding hydrogens is 280 g/mol. The molecule has 0 unspecified atom stereocenters. The van der Waals surface area contributed by atoms with E-state index in [2.05, 4.69) is 19.9 Å². The van der Waals surface area contributed by atoms with E-state index >= 15 is 0 Å². The maximum absolute atomic E-state index is 12.3. The number of allylic oxidation sites excluding steroid dienone is 4. The van der Waals surface area contributed by atoms with Crippen molar-refractivity contribution >= 4 is 11.4 Å². The molecule has 0 radical (unpaired) electrons. The van der Waals surface area contributed by atoms with Crippen LogP contribution < -0.4 is 0 Å². The summed E-state index contributed by atoms with van der Waals surface area (Å²) in [4.78, 5) is 12.3. The van der Waals surface area contributed by atoms with Crippen LogP contribution in [-0.2, 0) is 4.79 Å². The number of carbonyl (C=O) groups is 1. The van der Waals surface area contributed by atoms with Crippen molar-refractivity contribution in [2.75, 3.05) is 0 Å². The van der Waals surface area contributed by atoms with Gasteiger partial charge in [0.2, 0.25) is 0 Å². The summed E-state index contributed by atoms with van der Waals surface area (Å²) in [5.41, 5.74) is 4.43. The molecule has 0 heterocycles. The van der Waals surface area contributed by atoms with Crippen molar-refractivity contribution in [3.8, 4) is 0 Å². The van der Waals surface area contributed by atoms with Gasteiger partial charge in [-0.3, -0.25) is 4.79 Å². The molecule has 0 N–H and O–H groups in total. The third-order valence-electron chi connectivity index (χ3n) is 4.75. The van der Waals surface area contributed by atoms with Crippen molar-refractivity contribution < 1.29 is 4.79 Å². The van der Waals surface area contributed by atoms with Crippen LogP contribution in [0.2, 0.25) is 0 Å². The van der Waals surface area contributed by atoms with E-state index in [1.165, 1.54) is 56.1 Å². The molecule has 1 aromatic carbocycles. The topological polar surface area (TPSA) is 17.1 Å². The fraction of sp³-hybridized carbons (Fsp3) is 0.500. The second-order valence-electron chi connectivity index (χ2n) is 6.61. The fourth-order valence-electron chi connectivity index (χ4n) is 3.35. The van der Waals surface area contributed by atoms with Gasteiger partial charge in [-0.25, -0.2) is 0 Å². The predicted octanol–water partition coefficient (Wildman–Crippen LogP) is 6.50. The predicted molar refractivity (Wildman–Crippen MR) is 99.4 cm³/mol. The average Bonchev–Trinajstić information content (AvgIpc) is 2.85. The first kappa shape index (κ1) is 17.7. The highest BCUT2D eigenvalue weighted by molar-refractivity contribution is 6.26. The molecule has 2 rings (SSSR count). The van der Waals surface area contributed by atoms with Crippen molar-refractivity contribution in [2.45, 2.75) is 71.6 Å². The Morgan fingerprint density at radius 2 is 1.61 bits per heavy atom. The summed E-state index contributed by atoms with van der Waals surface area (Å²) < 4.78 is 0. The van der Waals surface area contributed by atoms with Gasteiger partial charge in [-0.1, -0.05) is 81.9 Å². The van der Waals surface area contributed by atoms with Gasteiger partial charge in [-0.05, 0) is 36.5 Å². The van der Waals surface area contributed by atoms with Crippen molar-refractivity contribution in [1.29, 1.82) is 0 Å². The van der Waals surface area contributed by atoms with Gasteiger partial charge in [-0.2, -0.15) is 0 Å². The SMILES string of the molecule is CCCCCCCCC/C=C1/CC(=O)C(c2ccccc2)=C1C. The van der Waals surface area contributed by atoms with Crippen LogP contribution in [0.5, 0.6) is 0 Å². The molecule has 1 nitrogen and oxygen atoms in total. The van der Waals surface area contributed by atoms with Crippen LogP contribution >= 0.6 is 0 Å². The first-order chi connectivity index (χ1) is 11.2. The van der Waals surface area contributed by atoms with E-state index in [9.17, 15) is 4.79 Å². The van der Waals surface area contributed by atoms with E-state index in [4.69, 9.17) is 0 Å². The van der Waals surface area contributed by atoms with Gasteiger partial charge in [0.25, 0.3) is 0 Å². The van der Waals surface area contributed by atoms with Gasteiger partial charge >= 0.3 is 0 Å². The van der Waals surface area contributed by atoms with Gasteiger partial charge in [0, 0.05) is 12.0 Å². The Balaban J connectivity index is 1.84. The molecule has 0 aromatic heterocycles. The number of hydrogen-bond donors (Lipinski definition) is 0. The highest BCUT2D eigenvalue weighted by Crippen LogP contribution is 2.35. The van der Waals surface area contributed by atoms with Gasteiger partial charge in [0.1, 0.15) is 0 Å². The molecular formula is C22H30O. The molecule has 23 heavy (non-hydrogen) atoms. The normalized spacial score (nSPS) is 16.6. The molecule has 0 aliphatic heterocycles. The van der Waals surface area contributed by atoms with Crippen molar-refractivity contribution in [3.05, 3.63) is 53.1 Å². The molecule has 1 aromatic rings. The highest BCUT2D eigenvalue weighted by Gasteiger charge is 2.25. The number of Topliss-reactive ketones (excluding diaryl/α,β-unsaturated/α-hetero) is 1. The first-order valence-electron chi connectivity index (χ1n) is 9.23. The van der Waals surface area contributed by atoms with Crippen LogP contribution in [0.4, 0.5) is 0 Å². The number of unbranched alkanes of at least 4 members (excludes halogenated alkanes) is 7. The third kappa shape index (κ3) is 5.20. The average molecular weight is 310 g/mol. The van der Waals surface area contributed by atoms with Crippen LogP contribution in [-0.4, -0.2) is 5.78 Å². The Morgan fingerprint density at radius 3 is 2.30 bits per heavy atom. The third-order valence-corrected chi connectivity index (χ3v) is 4.75. The Morgan fingerprint density at radius 1 is 0.957 bits per heavy atom. The minimum atomic E-state index is 0.277. The molecule has 1 heteroatoms. The Labute approximate surface area is 141 Å². The lowest BCUT2D eigenvalue weighted by Crippen LogP contribution is -1.95. The molecule has 1 aliphatic rings. The van der Waals surface area contributed by atoms with Gasteiger partial charge in [0.05, 0.1) is 0 Å². The molecule has 0 saturated carbocycles. The second kappa shape index (κ2) is 9.50. The molecule has 0 fully saturated rings. The quantitative estimate of drug-likeness (QED) is 0.476. The van der Waals surface area contributed by atoms with Crippen LogP contribution in [0, 0.1) is 0 Å². The van der Waals surface area contributed by atoms with E-state index in [1.807, 2.05) is 30.3 Å². The Bertz CT molecular complexity index is 563. The minimum Gasteiger partial charge on any atom is -0.294 e. The minimum absolute atomic E-state index is 0.277. The number of carbonyl (C=O) groups excluding carboxylic acids is 1. The second-order valence-corrected chi connectivity index (χ2v) is 6.61. The number of hydrogen-bond acceptors (Lipinski definition) is 1. The van der Waals surface area contributed by atoms with Crippen LogP contribution in [0.3, 0.4) is 0 Å². The van der Waals surface area contributed by atoms with E-state index in [0.717, 1.165) is 17.6 Å². The number of ketones is 1. The van der Waals surface area contributed by atoms with E-state index in [-0.39, 0.29) is 5.78 Å². The summed E-state index contributed by atoms with van der Waals surface area (Å²) in [7, 11) is 0. The largest absolute Gasteiger partial charge is 0.294 e. The molecule has 0 saturated heterocycles. The van der Waals surface area contributed by atoms with Crippen molar-refractivity contribution in [2.24, 2.45) is 0 Å². The monoisotopic (exact) mass is 310 g/mol. The summed E-state index contributed by atoms with van der Waals surface area (Å²) in [6.45, 7) is 4.36. The van der Waals surface area contributed by atoms with Gasteiger partial charge in [-0.15, -0.1) is 0 Å². The lowest BCUT2D eigenvalue weighted by Gasteiger charge is -2.03. The van der Waals surface area contributed by atoms with Crippen LogP contribution in [0.1, 0.15) is 77.2 Å². The Kier molecular flexibility index (Phi) is 7.32. The lowest BCUT2D eigenvalue weighted by molar-refractivity contribution is -0.112. The lowest BCUT2D eigenvalue weighted by atomic mass is 10.0. The molecule has 0 amide bonds. The molecule has 0 atom stereocenters. The van der Waals surface area contributed by atoms with Crippen LogP contribution in [0.15, 0.2) is 47.6 Å².